The number of nitrogens with zero attached hydrogens (tertiary/aromatic N) is 1. The van der Waals surface area contributed by atoms with Gasteiger partial charge in [0.05, 0.1) is 13.2 Å². The quantitative estimate of drug-likeness (QED) is 0.615. The third-order valence-electron chi connectivity index (χ3n) is 1.97. The van der Waals surface area contributed by atoms with Crippen molar-refractivity contribution >= 4 is 0 Å². The molecule has 0 aromatic heterocycles. The molecule has 3 N–H and O–H groups in total. The lowest BCUT2D eigenvalue weighted by molar-refractivity contribution is 0.0572. The van der Waals surface area contributed by atoms with Crippen molar-refractivity contribution in [1.82, 2.24) is 4.90 Å². The summed E-state index contributed by atoms with van der Waals surface area (Å²) >= 11 is 0. The van der Waals surface area contributed by atoms with E-state index in [1.165, 1.54) is 0 Å². The van der Waals surface area contributed by atoms with Crippen molar-refractivity contribution in [3.63, 3.8) is 0 Å². The lowest BCUT2D eigenvalue weighted by Crippen LogP contribution is -2.39. The first-order valence-corrected chi connectivity index (χ1v) is 4.45. The number of halogens is 2. The second-order valence-electron chi connectivity index (χ2n) is 3.04. The minimum Gasteiger partial charge on any atom is -0.395 e. The number of alkyl halides is 2. The van der Waals surface area contributed by atoms with Crippen LogP contribution in [0.15, 0.2) is 0 Å². The Morgan fingerprint density at radius 1 is 1.46 bits per heavy atom. The van der Waals surface area contributed by atoms with E-state index in [0.29, 0.717) is 13.0 Å². The van der Waals surface area contributed by atoms with E-state index in [1.54, 1.807) is 4.90 Å². The molecule has 0 aliphatic rings. The standard InChI is InChI=1S/C8H18F2N2O/c1-7(2-3-11)12(4-5-13)6-8(9)10/h7-8,13H,2-6,11H2,1H3. The molecule has 0 radical (unpaired) electrons. The van der Waals surface area contributed by atoms with Gasteiger partial charge in [-0.25, -0.2) is 8.78 Å². The molecule has 0 bridgehead atoms. The van der Waals surface area contributed by atoms with Crippen LogP contribution in [0.25, 0.3) is 0 Å². The maximum atomic E-state index is 12.1. The zero-order valence-electron chi connectivity index (χ0n) is 7.92. The molecule has 0 amide bonds. The Morgan fingerprint density at radius 3 is 2.46 bits per heavy atom. The highest BCUT2D eigenvalue weighted by Crippen LogP contribution is 2.06. The minimum absolute atomic E-state index is 0.00569. The fourth-order valence-electron chi connectivity index (χ4n) is 1.22. The van der Waals surface area contributed by atoms with Gasteiger partial charge in [-0.3, -0.25) is 4.90 Å². The first-order valence-electron chi connectivity index (χ1n) is 4.45. The molecular weight excluding hydrogens is 178 g/mol. The summed E-state index contributed by atoms with van der Waals surface area (Å²) in [5.74, 6) is 0. The number of nitrogens with two attached hydrogens (primary N) is 1. The van der Waals surface area contributed by atoms with E-state index in [0.717, 1.165) is 0 Å². The van der Waals surface area contributed by atoms with Crippen LogP contribution in [0, 0.1) is 0 Å². The van der Waals surface area contributed by atoms with Crippen molar-refractivity contribution in [2.45, 2.75) is 25.8 Å². The van der Waals surface area contributed by atoms with Gasteiger partial charge in [0.1, 0.15) is 0 Å². The van der Waals surface area contributed by atoms with E-state index in [2.05, 4.69) is 0 Å². The Morgan fingerprint density at radius 2 is 2.08 bits per heavy atom. The van der Waals surface area contributed by atoms with E-state index < -0.39 is 6.43 Å². The molecule has 3 nitrogen and oxygen atoms in total. The molecule has 0 heterocycles. The van der Waals surface area contributed by atoms with Crippen molar-refractivity contribution in [2.24, 2.45) is 5.73 Å². The van der Waals surface area contributed by atoms with Gasteiger partial charge in [0.2, 0.25) is 0 Å². The van der Waals surface area contributed by atoms with Crippen LogP contribution in [-0.4, -0.2) is 48.7 Å². The smallest absolute Gasteiger partial charge is 0.251 e. The van der Waals surface area contributed by atoms with Gasteiger partial charge in [0, 0.05) is 12.6 Å². The Bertz CT molecular complexity index is 125. The molecule has 0 saturated heterocycles. The highest BCUT2D eigenvalue weighted by atomic mass is 19.3. The van der Waals surface area contributed by atoms with Gasteiger partial charge < -0.3 is 10.8 Å². The topological polar surface area (TPSA) is 49.5 Å². The Balaban J connectivity index is 3.90. The Labute approximate surface area is 77.5 Å². The number of aliphatic hydroxyl groups excluding tert-OH is 1. The first-order chi connectivity index (χ1) is 6.11. The summed E-state index contributed by atoms with van der Waals surface area (Å²) < 4.78 is 24.1. The van der Waals surface area contributed by atoms with Crippen LogP contribution >= 0.6 is 0 Å². The summed E-state index contributed by atoms with van der Waals surface area (Å²) in [6, 6.07) is 0.00569. The highest BCUT2D eigenvalue weighted by Gasteiger charge is 2.16. The summed E-state index contributed by atoms with van der Waals surface area (Å²) in [6.07, 6.45) is -1.68. The predicted molar refractivity (Wildman–Crippen MR) is 47.8 cm³/mol. The number of rotatable bonds is 7. The van der Waals surface area contributed by atoms with Crippen LogP contribution in [-0.2, 0) is 0 Å². The summed E-state index contributed by atoms with van der Waals surface area (Å²) in [6.45, 7) is 2.21. The molecule has 1 unspecified atom stereocenters. The van der Waals surface area contributed by atoms with Gasteiger partial charge in [-0.1, -0.05) is 0 Å². The van der Waals surface area contributed by atoms with E-state index in [1.807, 2.05) is 6.92 Å². The molecule has 0 aromatic carbocycles. The van der Waals surface area contributed by atoms with E-state index >= 15 is 0 Å². The van der Waals surface area contributed by atoms with E-state index in [9.17, 15) is 8.78 Å². The number of aliphatic hydroxyl groups is 1. The van der Waals surface area contributed by atoms with Crippen LogP contribution in [0.4, 0.5) is 8.78 Å². The molecule has 13 heavy (non-hydrogen) atoms. The van der Waals surface area contributed by atoms with Gasteiger partial charge in [-0.15, -0.1) is 0 Å². The Hall–Kier alpha value is -0.260. The van der Waals surface area contributed by atoms with Crippen LogP contribution in [0.3, 0.4) is 0 Å². The van der Waals surface area contributed by atoms with Gasteiger partial charge in [-0.05, 0) is 19.9 Å². The molecule has 5 heteroatoms. The summed E-state index contributed by atoms with van der Waals surface area (Å²) in [7, 11) is 0. The molecule has 0 spiro atoms. The summed E-state index contributed by atoms with van der Waals surface area (Å²) in [5, 5.41) is 8.65. The minimum atomic E-state index is -2.35. The van der Waals surface area contributed by atoms with Crippen LogP contribution in [0.2, 0.25) is 0 Å². The van der Waals surface area contributed by atoms with Crippen LogP contribution in [0.5, 0.6) is 0 Å². The molecule has 0 saturated carbocycles. The van der Waals surface area contributed by atoms with Crippen molar-refractivity contribution < 1.29 is 13.9 Å². The Kier molecular flexibility index (Phi) is 7.03. The average Bonchev–Trinajstić information content (AvgIpc) is 2.03. The lowest BCUT2D eigenvalue weighted by Gasteiger charge is -2.27. The molecule has 80 valence electrons. The van der Waals surface area contributed by atoms with Crippen molar-refractivity contribution in [2.75, 3.05) is 26.2 Å². The molecular formula is C8H18F2N2O. The second-order valence-corrected chi connectivity index (χ2v) is 3.04. The van der Waals surface area contributed by atoms with Gasteiger partial charge in [0.25, 0.3) is 6.43 Å². The largest absolute Gasteiger partial charge is 0.395 e. The lowest BCUT2D eigenvalue weighted by atomic mass is 10.2. The fraction of sp³-hybridized carbons (Fsp3) is 1.00. The first kappa shape index (κ1) is 12.7. The molecule has 0 fully saturated rings. The fourth-order valence-corrected chi connectivity index (χ4v) is 1.22. The normalized spacial score (nSPS) is 14.1. The third-order valence-corrected chi connectivity index (χ3v) is 1.97. The molecule has 0 rings (SSSR count). The maximum Gasteiger partial charge on any atom is 0.251 e. The third kappa shape index (κ3) is 5.90. The summed E-state index contributed by atoms with van der Waals surface area (Å²) in [4.78, 5) is 1.55. The SMILES string of the molecule is CC(CCN)N(CCO)CC(F)F. The maximum absolute atomic E-state index is 12.1. The van der Waals surface area contributed by atoms with Crippen molar-refractivity contribution in [3.8, 4) is 0 Å². The summed E-state index contributed by atoms with van der Waals surface area (Å²) in [5.41, 5.74) is 5.32. The predicted octanol–water partition coefficient (Wildman–Crippen LogP) is 0.283. The molecule has 0 aliphatic heterocycles. The molecule has 0 aromatic rings. The van der Waals surface area contributed by atoms with Crippen molar-refractivity contribution in [3.05, 3.63) is 0 Å². The molecule has 1 atom stereocenters. The van der Waals surface area contributed by atoms with Crippen LogP contribution < -0.4 is 5.73 Å². The van der Waals surface area contributed by atoms with Crippen molar-refractivity contribution in [1.29, 1.82) is 0 Å². The van der Waals surface area contributed by atoms with E-state index in [4.69, 9.17) is 10.8 Å². The van der Waals surface area contributed by atoms with Gasteiger partial charge in [0.15, 0.2) is 0 Å². The average molecular weight is 196 g/mol. The van der Waals surface area contributed by atoms with Gasteiger partial charge >= 0.3 is 0 Å². The number of hydrogen-bond acceptors (Lipinski definition) is 3. The molecule has 0 aliphatic carbocycles. The zero-order chi connectivity index (χ0) is 10.3. The zero-order valence-corrected chi connectivity index (χ0v) is 7.92. The second kappa shape index (κ2) is 7.17. The van der Waals surface area contributed by atoms with Gasteiger partial charge in [-0.2, -0.15) is 0 Å². The van der Waals surface area contributed by atoms with Crippen LogP contribution in [0.1, 0.15) is 13.3 Å². The highest BCUT2D eigenvalue weighted by molar-refractivity contribution is 4.68. The van der Waals surface area contributed by atoms with E-state index in [-0.39, 0.29) is 25.7 Å². The monoisotopic (exact) mass is 196 g/mol. The number of hydrogen-bond donors (Lipinski definition) is 2.